The van der Waals surface area contributed by atoms with E-state index in [1.54, 1.807) is 12.4 Å². The number of nitrogens with zero attached hydrogens (tertiary/aromatic N) is 2. The van der Waals surface area contributed by atoms with Gasteiger partial charge in [0.15, 0.2) is 0 Å². The molecule has 1 aliphatic heterocycles. The number of nitrogens with one attached hydrogen (secondary N) is 1. The first-order valence-corrected chi connectivity index (χ1v) is 6.26. The van der Waals surface area contributed by atoms with Gasteiger partial charge >= 0.3 is 0 Å². The first-order valence-electron chi connectivity index (χ1n) is 6.26. The Morgan fingerprint density at radius 2 is 2.11 bits per heavy atom. The number of amides is 1. The Hall–Kier alpha value is -1.46. The van der Waals surface area contributed by atoms with Gasteiger partial charge in [-0.05, 0) is 24.6 Å². The van der Waals surface area contributed by atoms with E-state index in [4.69, 9.17) is 4.74 Å². The molecule has 18 heavy (non-hydrogen) atoms. The van der Waals surface area contributed by atoms with E-state index in [-0.39, 0.29) is 11.9 Å². The van der Waals surface area contributed by atoms with Crippen LogP contribution in [-0.4, -0.2) is 48.6 Å². The lowest BCUT2D eigenvalue weighted by atomic mass is 10.1. The van der Waals surface area contributed by atoms with Crippen molar-refractivity contribution >= 4 is 5.91 Å². The monoisotopic (exact) mass is 249 g/mol. The van der Waals surface area contributed by atoms with E-state index in [0.29, 0.717) is 32.8 Å². The van der Waals surface area contributed by atoms with Crippen LogP contribution < -0.4 is 5.32 Å². The van der Waals surface area contributed by atoms with Gasteiger partial charge in [0.1, 0.15) is 0 Å². The van der Waals surface area contributed by atoms with Gasteiger partial charge in [-0.25, -0.2) is 0 Å². The maximum absolute atomic E-state index is 11.9. The minimum atomic E-state index is 0.138. The van der Waals surface area contributed by atoms with Crippen molar-refractivity contribution < 1.29 is 9.53 Å². The molecule has 0 saturated carbocycles. The van der Waals surface area contributed by atoms with Crippen LogP contribution in [0.4, 0.5) is 0 Å². The fraction of sp³-hybridized carbons (Fsp3) is 0.538. The summed E-state index contributed by atoms with van der Waals surface area (Å²) in [7, 11) is 0. The number of hydrogen-bond acceptors (Lipinski definition) is 4. The SMILES string of the molecule is C[C@H](NCC(=O)N1CCOCC1)c1ccncc1. The number of hydrogen-bond donors (Lipinski definition) is 1. The van der Waals surface area contributed by atoms with E-state index in [1.807, 2.05) is 24.0 Å². The first kappa shape index (κ1) is 13.0. The normalized spacial score (nSPS) is 17.5. The maximum Gasteiger partial charge on any atom is 0.236 e. The number of morpholine rings is 1. The number of pyridine rings is 1. The predicted molar refractivity (Wildman–Crippen MR) is 68.1 cm³/mol. The van der Waals surface area contributed by atoms with Crippen LogP contribution in [0.5, 0.6) is 0 Å². The van der Waals surface area contributed by atoms with Crippen LogP contribution in [0.15, 0.2) is 24.5 Å². The Morgan fingerprint density at radius 3 is 2.78 bits per heavy atom. The molecule has 0 aromatic carbocycles. The van der Waals surface area contributed by atoms with Gasteiger partial charge in [0.25, 0.3) is 0 Å². The van der Waals surface area contributed by atoms with E-state index >= 15 is 0 Å². The smallest absolute Gasteiger partial charge is 0.236 e. The molecule has 2 heterocycles. The first-order chi connectivity index (χ1) is 8.77. The van der Waals surface area contributed by atoms with Crippen molar-refractivity contribution in [3.05, 3.63) is 30.1 Å². The van der Waals surface area contributed by atoms with Gasteiger partial charge in [0.05, 0.1) is 19.8 Å². The second-order valence-electron chi connectivity index (χ2n) is 4.38. The summed E-state index contributed by atoms with van der Waals surface area (Å²) in [4.78, 5) is 17.8. The van der Waals surface area contributed by atoms with Gasteiger partial charge < -0.3 is 15.0 Å². The molecule has 0 spiro atoms. The largest absolute Gasteiger partial charge is 0.378 e. The maximum atomic E-state index is 11.9. The second-order valence-corrected chi connectivity index (χ2v) is 4.38. The lowest BCUT2D eigenvalue weighted by Crippen LogP contribution is -2.45. The lowest BCUT2D eigenvalue weighted by Gasteiger charge is -2.27. The third-order valence-corrected chi connectivity index (χ3v) is 3.13. The summed E-state index contributed by atoms with van der Waals surface area (Å²) in [6, 6.07) is 4.06. The van der Waals surface area contributed by atoms with Crippen LogP contribution >= 0.6 is 0 Å². The molecule has 1 aromatic rings. The fourth-order valence-electron chi connectivity index (χ4n) is 1.93. The number of aromatic nitrogens is 1. The molecule has 98 valence electrons. The average Bonchev–Trinajstić information content (AvgIpc) is 2.46. The topological polar surface area (TPSA) is 54.5 Å². The van der Waals surface area contributed by atoms with Crippen molar-refractivity contribution in [2.75, 3.05) is 32.8 Å². The van der Waals surface area contributed by atoms with E-state index in [9.17, 15) is 4.79 Å². The number of rotatable bonds is 4. The lowest BCUT2D eigenvalue weighted by molar-refractivity contribution is -0.134. The van der Waals surface area contributed by atoms with Crippen LogP contribution in [0.3, 0.4) is 0 Å². The standard InChI is InChI=1S/C13H19N3O2/c1-11(12-2-4-14-5-3-12)15-10-13(17)16-6-8-18-9-7-16/h2-5,11,15H,6-10H2,1H3/t11-/m0/s1. The summed E-state index contributed by atoms with van der Waals surface area (Å²) >= 11 is 0. The average molecular weight is 249 g/mol. The van der Waals surface area contributed by atoms with Crippen molar-refractivity contribution in [3.63, 3.8) is 0 Å². The Bertz CT molecular complexity index is 377. The summed E-state index contributed by atoms with van der Waals surface area (Å²) in [5.41, 5.74) is 1.14. The van der Waals surface area contributed by atoms with Crippen LogP contribution in [0.1, 0.15) is 18.5 Å². The highest BCUT2D eigenvalue weighted by molar-refractivity contribution is 5.78. The Labute approximate surface area is 107 Å². The summed E-state index contributed by atoms with van der Waals surface area (Å²) < 4.78 is 5.22. The third-order valence-electron chi connectivity index (χ3n) is 3.13. The molecule has 2 rings (SSSR count). The van der Waals surface area contributed by atoms with Crippen LogP contribution in [0.25, 0.3) is 0 Å². The van der Waals surface area contributed by atoms with Crippen molar-refractivity contribution in [2.24, 2.45) is 0 Å². The van der Waals surface area contributed by atoms with E-state index in [1.165, 1.54) is 0 Å². The zero-order chi connectivity index (χ0) is 12.8. The van der Waals surface area contributed by atoms with Gasteiger partial charge in [-0.2, -0.15) is 0 Å². The molecular formula is C13H19N3O2. The highest BCUT2D eigenvalue weighted by Gasteiger charge is 2.17. The van der Waals surface area contributed by atoms with Crippen LogP contribution in [-0.2, 0) is 9.53 Å². The quantitative estimate of drug-likeness (QED) is 0.848. The fourth-order valence-corrected chi connectivity index (χ4v) is 1.93. The summed E-state index contributed by atoms with van der Waals surface area (Å²) in [6.07, 6.45) is 3.52. The highest BCUT2D eigenvalue weighted by atomic mass is 16.5. The molecule has 1 fully saturated rings. The zero-order valence-electron chi connectivity index (χ0n) is 10.6. The Morgan fingerprint density at radius 1 is 1.44 bits per heavy atom. The molecule has 1 aromatic heterocycles. The molecule has 0 unspecified atom stereocenters. The molecular weight excluding hydrogens is 230 g/mol. The van der Waals surface area contributed by atoms with Crippen LogP contribution in [0, 0.1) is 0 Å². The second kappa shape index (κ2) is 6.47. The molecule has 0 bridgehead atoms. The molecule has 0 radical (unpaired) electrons. The summed E-state index contributed by atoms with van der Waals surface area (Å²) in [5, 5.41) is 3.24. The van der Waals surface area contributed by atoms with Gasteiger partial charge in [0.2, 0.25) is 5.91 Å². The third kappa shape index (κ3) is 3.51. The number of carbonyl (C=O) groups excluding carboxylic acids is 1. The summed E-state index contributed by atoms with van der Waals surface area (Å²) in [6.45, 7) is 5.09. The summed E-state index contributed by atoms with van der Waals surface area (Å²) in [5.74, 6) is 0.138. The van der Waals surface area contributed by atoms with E-state index in [0.717, 1.165) is 5.56 Å². The Kier molecular flexibility index (Phi) is 4.66. The molecule has 1 saturated heterocycles. The minimum Gasteiger partial charge on any atom is -0.378 e. The molecule has 1 atom stereocenters. The molecule has 1 N–H and O–H groups in total. The molecule has 0 aliphatic carbocycles. The van der Waals surface area contributed by atoms with Crippen LogP contribution in [0.2, 0.25) is 0 Å². The zero-order valence-corrected chi connectivity index (χ0v) is 10.6. The molecule has 1 aliphatic rings. The van der Waals surface area contributed by atoms with Crippen molar-refractivity contribution in [2.45, 2.75) is 13.0 Å². The van der Waals surface area contributed by atoms with E-state index < -0.39 is 0 Å². The molecule has 1 amide bonds. The number of ether oxygens (including phenoxy) is 1. The van der Waals surface area contributed by atoms with E-state index in [2.05, 4.69) is 10.3 Å². The van der Waals surface area contributed by atoms with Crippen molar-refractivity contribution in [1.82, 2.24) is 15.2 Å². The Balaban J connectivity index is 1.78. The van der Waals surface area contributed by atoms with Gasteiger partial charge in [-0.3, -0.25) is 9.78 Å². The van der Waals surface area contributed by atoms with Gasteiger partial charge in [-0.15, -0.1) is 0 Å². The molecule has 5 nitrogen and oxygen atoms in total. The highest BCUT2D eigenvalue weighted by Crippen LogP contribution is 2.09. The predicted octanol–water partition coefficient (Wildman–Crippen LogP) is 0.591. The van der Waals surface area contributed by atoms with Gasteiger partial charge in [-0.1, -0.05) is 0 Å². The minimum absolute atomic E-state index is 0.138. The van der Waals surface area contributed by atoms with Crippen molar-refractivity contribution in [1.29, 1.82) is 0 Å². The van der Waals surface area contributed by atoms with Crippen molar-refractivity contribution in [3.8, 4) is 0 Å². The number of carbonyl (C=O) groups is 1. The molecule has 5 heteroatoms. The van der Waals surface area contributed by atoms with Gasteiger partial charge in [0, 0.05) is 31.5 Å².